The van der Waals surface area contributed by atoms with Gasteiger partial charge in [0.25, 0.3) is 11.6 Å². The molecule has 0 spiro atoms. The lowest BCUT2D eigenvalue weighted by atomic mass is 10.2. The molecule has 8 heteroatoms. The van der Waals surface area contributed by atoms with Crippen LogP contribution in [0.4, 0.5) is 11.4 Å². The van der Waals surface area contributed by atoms with E-state index >= 15 is 0 Å². The third-order valence-electron chi connectivity index (χ3n) is 3.39. The number of methoxy groups -OCH3 is 2. The van der Waals surface area contributed by atoms with E-state index in [1.165, 1.54) is 32.2 Å². The molecule has 0 fully saturated rings. The molecule has 0 aliphatic rings. The molecule has 0 bridgehead atoms. The van der Waals surface area contributed by atoms with Gasteiger partial charge >= 0.3 is 0 Å². The number of non-ortho nitro benzene ring substituents is 1. The highest BCUT2D eigenvalue weighted by Crippen LogP contribution is 2.32. The van der Waals surface area contributed by atoms with E-state index in [9.17, 15) is 14.9 Å². The van der Waals surface area contributed by atoms with Crippen molar-refractivity contribution in [1.82, 2.24) is 0 Å². The minimum absolute atomic E-state index is 0.120. The summed E-state index contributed by atoms with van der Waals surface area (Å²) in [5.41, 5.74) is 0.422. The second-order valence-electron chi connectivity index (χ2n) is 5.07. The molecule has 0 aliphatic heterocycles. The van der Waals surface area contributed by atoms with Crippen molar-refractivity contribution in [2.24, 2.45) is 0 Å². The lowest BCUT2D eigenvalue weighted by Gasteiger charge is -2.16. The van der Waals surface area contributed by atoms with Crippen LogP contribution < -0.4 is 19.5 Å². The average Bonchev–Trinajstić information content (AvgIpc) is 2.62. The zero-order valence-electron chi connectivity index (χ0n) is 14.0. The largest absolute Gasteiger partial charge is 0.497 e. The van der Waals surface area contributed by atoms with E-state index in [1.807, 2.05) is 0 Å². The normalized spacial score (nSPS) is 11.3. The highest BCUT2D eigenvalue weighted by molar-refractivity contribution is 5.94. The second kappa shape index (κ2) is 8.00. The molecule has 132 valence electrons. The van der Waals surface area contributed by atoms with E-state index < -0.39 is 16.9 Å². The monoisotopic (exact) mass is 346 g/mol. The molecule has 0 unspecified atom stereocenters. The van der Waals surface area contributed by atoms with Crippen LogP contribution in [0.15, 0.2) is 42.5 Å². The first-order chi connectivity index (χ1) is 11.9. The van der Waals surface area contributed by atoms with Crippen LogP contribution in [0.3, 0.4) is 0 Å². The standard InChI is InChI=1S/C17H18N2O6/c1-11(17(20)18-12-4-7-14(23-2)8-5-12)25-16-10-13(19(21)22)6-9-15(16)24-3/h4-11H,1-3H3,(H,18,20)/t11-/m0/s1. The molecule has 1 amide bonds. The van der Waals surface area contributed by atoms with Crippen LogP contribution in [0.25, 0.3) is 0 Å². The van der Waals surface area contributed by atoms with Crippen LogP contribution in [-0.4, -0.2) is 31.2 Å². The molecule has 8 nitrogen and oxygen atoms in total. The lowest BCUT2D eigenvalue weighted by Crippen LogP contribution is -2.30. The number of rotatable bonds is 7. The smallest absolute Gasteiger partial charge is 0.273 e. The van der Waals surface area contributed by atoms with Gasteiger partial charge in [-0.1, -0.05) is 0 Å². The fraction of sp³-hybridized carbons (Fsp3) is 0.235. The summed E-state index contributed by atoms with van der Waals surface area (Å²) >= 11 is 0. The van der Waals surface area contributed by atoms with Crippen LogP contribution in [0.5, 0.6) is 17.2 Å². The van der Waals surface area contributed by atoms with Crippen molar-refractivity contribution in [3.8, 4) is 17.2 Å². The Labute approximate surface area is 144 Å². The molecular weight excluding hydrogens is 328 g/mol. The van der Waals surface area contributed by atoms with Crippen molar-refractivity contribution >= 4 is 17.3 Å². The summed E-state index contributed by atoms with van der Waals surface area (Å²) in [7, 11) is 2.96. The van der Waals surface area contributed by atoms with Crippen molar-refractivity contribution in [2.75, 3.05) is 19.5 Å². The molecule has 1 atom stereocenters. The summed E-state index contributed by atoms with van der Waals surface area (Å²) < 4.78 is 15.7. The molecule has 1 N–H and O–H groups in total. The topological polar surface area (TPSA) is 99.9 Å². The molecule has 0 saturated heterocycles. The maximum atomic E-state index is 12.2. The maximum Gasteiger partial charge on any atom is 0.273 e. The number of nitrogens with zero attached hydrogens (tertiary/aromatic N) is 1. The van der Waals surface area contributed by atoms with E-state index in [4.69, 9.17) is 14.2 Å². The summed E-state index contributed by atoms with van der Waals surface area (Å²) in [5, 5.41) is 13.6. The van der Waals surface area contributed by atoms with Crippen LogP contribution in [-0.2, 0) is 4.79 Å². The highest BCUT2D eigenvalue weighted by atomic mass is 16.6. The number of nitro groups is 1. The molecule has 25 heavy (non-hydrogen) atoms. The Morgan fingerprint density at radius 2 is 1.76 bits per heavy atom. The summed E-state index contributed by atoms with van der Waals surface area (Å²) in [6.45, 7) is 1.54. The molecule has 2 aromatic carbocycles. The molecule has 0 aliphatic carbocycles. The van der Waals surface area contributed by atoms with Gasteiger partial charge in [0, 0.05) is 11.8 Å². The predicted octanol–water partition coefficient (Wildman–Crippen LogP) is 3.02. The summed E-state index contributed by atoms with van der Waals surface area (Å²) in [5.74, 6) is 0.686. The highest BCUT2D eigenvalue weighted by Gasteiger charge is 2.19. The molecule has 0 radical (unpaired) electrons. The number of carbonyl (C=O) groups excluding carboxylic acids is 1. The molecule has 2 aromatic rings. The zero-order chi connectivity index (χ0) is 18.4. The van der Waals surface area contributed by atoms with Gasteiger partial charge in [0.2, 0.25) is 0 Å². The first-order valence-corrected chi connectivity index (χ1v) is 7.38. The Morgan fingerprint density at radius 3 is 2.32 bits per heavy atom. The van der Waals surface area contributed by atoms with E-state index in [1.54, 1.807) is 31.4 Å². The molecule has 0 aromatic heterocycles. The second-order valence-corrected chi connectivity index (χ2v) is 5.07. The predicted molar refractivity (Wildman–Crippen MR) is 91.4 cm³/mol. The van der Waals surface area contributed by atoms with Gasteiger partial charge in [-0.3, -0.25) is 14.9 Å². The van der Waals surface area contributed by atoms with Gasteiger partial charge in [-0.15, -0.1) is 0 Å². The fourth-order valence-electron chi connectivity index (χ4n) is 2.03. The van der Waals surface area contributed by atoms with E-state index in [0.29, 0.717) is 17.2 Å². The van der Waals surface area contributed by atoms with Gasteiger partial charge < -0.3 is 19.5 Å². The molecular formula is C17H18N2O6. The van der Waals surface area contributed by atoms with Crippen LogP contribution >= 0.6 is 0 Å². The Kier molecular flexibility index (Phi) is 5.78. The Bertz CT molecular complexity index is 760. The zero-order valence-corrected chi connectivity index (χ0v) is 14.0. The number of anilines is 1. The number of nitro benzene ring substituents is 1. The van der Waals surface area contributed by atoms with Gasteiger partial charge in [0.15, 0.2) is 17.6 Å². The summed E-state index contributed by atoms with van der Waals surface area (Å²) in [6, 6.07) is 10.7. The van der Waals surface area contributed by atoms with Crippen molar-refractivity contribution in [1.29, 1.82) is 0 Å². The SMILES string of the molecule is COc1ccc(NC(=O)[C@H](C)Oc2cc([N+](=O)[O-])ccc2OC)cc1. The van der Waals surface area contributed by atoms with Crippen LogP contribution in [0.2, 0.25) is 0 Å². The first-order valence-electron chi connectivity index (χ1n) is 7.38. The number of hydrogen-bond acceptors (Lipinski definition) is 6. The van der Waals surface area contributed by atoms with Gasteiger partial charge in [0.1, 0.15) is 5.75 Å². The van der Waals surface area contributed by atoms with E-state index in [0.717, 1.165) is 0 Å². The summed E-state index contributed by atoms with van der Waals surface area (Å²) in [6.07, 6.45) is -0.891. The van der Waals surface area contributed by atoms with Crippen molar-refractivity contribution in [3.63, 3.8) is 0 Å². The number of hydrogen-bond donors (Lipinski definition) is 1. The van der Waals surface area contributed by atoms with Gasteiger partial charge in [-0.25, -0.2) is 0 Å². The van der Waals surface area contributed by atoms with Gasteiger partial charge in [0.05, 0.1) is 25.2 Å². The Morgan fingerprint density at radius 1 is 1.08 bits per heavy atom. The molecule has 0 heterocycles. The van der Waals surface area contributed by atoms with Crippen LogP contribution in [0, 0.1) is 10.1 Å². The van der Waals surface area contributed by atoms with E-state index in [-0.39, 0.29) is 11.4 Å². The summed E-state index contributed by atoms with van der Waals surface area (Å²) in [4.78, 5) is 22.6. The van der Waals surface area contributed by atoms with Gasteiger partial charge in [-0.05, 0) is 37.3 Å². The Balaban J connectivity index is 2.09. The number of benzene rings is 2. The number of nitrogens with one attached hydrogen (secondary N) is 1. The third-order valence-corrected chi connectivity index (χ3v) is 3.39. The van der Waals surface area contributed by atoms with Gasteiger partial charge in [-0.2, -0.15) is 0 Å². The minimum atomic E-state index is -0.891. The number of ether oxygens (including phenoxy) is 3. The quantitative estimate of drug-likeness (QED) is 0.611. The van der Waals surface area contributed by atoms with Crippen molar-refractivity contribution in [2.45, 2.75) is 13.0 Å². The number of carbonyl (C=O) groups is 1. The fourth-order valence-corrected chi connectivity index (χ4v) is 2.03. The number of amides is 1. The average molecular weight is 346 g/mol. The van der Waals surface area contributed by atoms with Crippen LogP contribution in [0.1, 0.15) is 6.92 Å². The van der Waals surface area contributed by atoms with E-state index in [2.05, 4.69) is 5.32 Å². The maximum absolute atomic E-state index is 12.2. The lowest BCUT2D eigenvalue weighted by molar-refractivity contribution is -0.385. The molecule has 0 saturated carbocycles. The van der Waals surface area contributed by atoms with Crippen molar-refractivity contribution in [3.05, 3.63) is 52.6 Å². The van der Waals surface area contributed by atoms with Crippen molar-refractivity contribution < 1.29 is 23.9 Å². The first kappa shape index (κ1) is 18.1. The molecule has 2 rings (SSSR count). The minimum Gasteiger partial charge on any atom is -0.497 e. The third kappa shape index (κ3) is 4.60. The Hall–Kier alpha value is -3.29.